The van der Waals surface area contributed by atoms with E-state index in [4.69, 9.17) is 0 Å². The van der Waals surface area contributed by atoms with Crippen LogP contribution in [0.4, 0.5) is 17.1 Å². The summed E-state index contributed by atoms with van der Waals surface area (Å²) in [5.41, 5.74) is 16.7. The van der Waals surface area contributed by atoms with Crippen LogP contribution in [0, 0.1) is 13.8 Å². The van der Waals surface area contributed by atoms with Crippen LogP contribution in [-0.2, 0) is 6.42 Å². The molecule has 1 aromatic heterocycles. The van der Waals surface area contributed by atoms with E-state index in [1.54, 1.807) is 0 Å². The van der Waals surface area contributed by atoms with Gasteiger partial charge in [-0.2, -0.15) is 0 Å². The Morgan fingerprint density at radius 3 is 2.08 bits per heavy atom. The largest absolute Gasteiger partial charge is 0.354 e. The molecular weight excluding hydrogens is 593 g/mol. The molecular formula is C47H34N2. The maximum absolute atomic E-state index is 3.82. The summed E-state index contributed by atoms with van der Waals surface area (Å²) in [7, 11) is 0. The first kappa shape index (κ1) is 27.9. The van der Waals surface area contributed by atoms with Gasteiger partial charge in [0.15, 0.2) is 0 Å². The summed E-state index contributed by atoms with van der Waals surface area (Å²) in [6.45, 7) is 4.66. The van der Waals surface area contributed by atoms with Crippen molar-refractivity contribution >= 4 is 60.4 Å². The molecule has 0 bridgehead atoms. The van der Waals surface area contributed by atoms with E-state index in [1.807, 2.05) is 0 Å². The van der Waals surface area contributed by atoms with Crippen LogP contribution in [0.25, 0.3) is 65.6 Å². The highest BCUT2D eigenvalue weighted by Gasteiger charge is 2.32. The maximum atomic E-state index is 3.82. The predicted molar refractivity (Wildman–Crippen MR) is 209 cm³/mol. The van der Waals surface area contributed by atoms with E-state index in [-0.39, 0.29) is 0 Å². The fourth-order valence-corrected chi connectivity index (χ4v) is 8.53. The molecule has 8 aromatic carbocycles. The first-order valence-electron chi connectivity index (χ1n) is 17.2. The summed E-state index contributed by atoms with van der Waals surface area (Å²) in [6, 6.07) is 55.5. The van der Waals surface area contributed by atoms with Crippen LogP contribution in [0.15, 0.2) is 152 Å². The van der Waals surface area contributed by atoms with Crippen LogP contribution in [0.1, 0.15) is 22.3 Å². The summed E-state index contributed by atoms with van der Waals surface area (Å²) in [6.07, 6.45) is 0.884. The van der Waals surface area contributed by atoms with Gasteiger partial charge in [0.25, 0.3) is 0 Å². The Kier molecular flexibility index (Phi) is 6.10. The average Bonchev–Trinajstić information content (AvgIpc) is 3.73. The molecule has 0 fully saturated rings. The van der Waals surface area contributed by atoms with Gasteiger partial charge in [0, 0.05) is 39.3 Å². The third-order valence-corrected chi connectivity index (χ3v) is 10.8. The van der Waals surface area contributed by atoms with Gasteiger partial charge < -0.3 is 9.88 Å². The number of rotatable bonds is 4. The Balaban J connectivity index is 1.32. The molecule has 1 aliphatic carbocycles. The van der Waals surface area contributed by atoms with Gasteiger partial charge in [0.1, 0.15) is 0 Å². The fourth-order valence-electron chi connectivity index (χ4n) is 8.53. The van der Waals surface area contributed by atoms with Crippen molar-refractivity contribution in [3.05, 3.63) is 174 Å². The normalized spacial score (nSPS) is 12.2. The van der Waals surface area contributed by atoms with Gasteiger partial charge in [-0.1, -0.05) is 127 Å². The lowest BCUT2D eigenvalue weighted by Gasteiger charge is -2.32. The third kappa shape index (κ3) is 4.07. The van der Waals surface area contributed by atoms with E-state index in [0.717, 1.165) is 12.1 Å². The van der Waals surface area contributed by atoms with Crippen molar-refractivity contribution in [1.29, 1.82) is 0 Å². The first-order chi connectivity index (χ1) is 24.2. The Bertz CT molecular complexity index is 2770. The van der Waals surface area contributed by atoms with Crippen molar-refractivity contribution in [2.45, 2.75) is 20.3 Å². The van der Waals surface area contributed by atoms with Crippen molar-refractivity contribution in [3.8, 4) is 22.3 Å². The van der Waals surface area contributed by atoms with Gasteiger partial charge in [-0.15, -0.1) is 0 Å². The molecule has 10 rings (SSSR count). The Labute approximate surface area is 285 Å². The molecule has 0 saturated carbocycles. The smallest absolute Gasteiger partial charge is 0.0544 e. The molecule has 2 nitrogen and oxygen atoms in total. The molecule has 0 spiro atoms. The van der Waals surface area contributed by atoms with Gasteiger partial charge in [0.2, 0.25) is 0 Å². The lowest BCUT2D eigenvalue weighted by atomic mass is 9.85. The van der Waals surface area contributed by atoms with Gasteiger partial charge in [-0.05, 0) is 93.2 Å². The maximum Gasteiger partial charge on any atom is 0.0544 e. The number of nitrogens with zero attached hydrogens (tertiary/aromatic N) is 1. The van der Waals surface area contributed by atoms with Crippen molar-refractivity contribution in [2.24, 2.45) is 0 Å². The lowest BCUT2D eigenvalue weighted by molar-refractivity contribution is 1.17. The molecule has 1 N–H and O–H groups in total. The Morgan fingerprint density at radius 1 is 0.490 bits per heavy atom. The van der Waals surface area contributed by atoms with E-state index in [9.17, 15) is 0 Å². The van der Waals surface area contributed by atoms with E-state index in [1.165, 1.54) is 99.2 Å². The summed E-state index contributed by atoms with van der Waals surface area (Å²) >= 11 is 0. The molecule has 0 aliphatic heterocycles. The predicted octanol–water partition coefficient (Wildman–Crippen LogP) is 13.0. The van der Waals surface area contributed by atoms with Crippen LogP contribution < -0.4 is 4.90 Å². The number of H-pyrrole nitrogens is 1. The molecule has 1 heterocycles. The fraction of sp³-hybridized carbons (Fsp3) is 0.0638. The Morgan fingerprint density at radius 2 is 1.18 bits per heavy atom. The van der Waals surface area contributed by atoms with Crippen LogP contribution >= 0.6 is 0 Å². The second kappa shape index (κ2) is 10.7. The quantitative estimate of drug-likeness (QED) is 0.193. The third-order valence-electron chi connectivity index (χ3n) is 10.8. The van der Waals surface area contributed by atoms with E-state index in [2.05, 4.69) is 175 Å². The molecule has 1 aliphatic rings. The average molecular weight is 627 g/mol. The Hall–Kier alpha value is -6.12. The van der Waals surface area contributed by atoms with Crippen molar-refractivity contribution in [3.63, 3.8) is 0 Å². The highest BCUT2D eigenvalue weighted by molar-refractivity contribution is 6.15. The zero-order valence-electron chi connectivity index (χ0n) is 27.6. The minimum absolute atomic E-state index is 0.884. The second-order valence-electron chi connectivity index (χ2n) is 13.4. The van der Waals surface area contributed by atoms with Crippen molar-refractivity contribution in [1.82, 2.24) is 4.98 Å². The molecule has 9 aromatic rings. The van der Waals surface area contributed by atoms with Crippen LogP contribution in [-0.4, -0.2) is 4.98 Å². The van der Waals surface area contributed by atoms with Crippen LogP contribution in [0.3, 0.4) is 0 Å². The van der Waals surface area contributed by atoms with Crippen LogP contribution in [0.5, 0.6) is 0 Å². The minimum atomic E-state index is 0.884. The molecule has 0 amide bonds. The number of hydrogen-bond acceptors (Lipinski definition) is 1. The summed E-state index contributed by atoms with van der Waals surface area (Å²) in [5.74, 6) is 0. The standard InChI is InChI=1S/C47H34N2/c1-29-30(2)47(49(33-16-4-3-5-17-33)43-25-13-21-36-34-18-8-6-14-31(34)26-27-38(36)43)41-28-32-15-7-9-19-35(32)45(41)44(29)40-23-12-22-39-37-20-10-11-24-42(37)48-46(39)40/h3-27,48H,28H2,1-2H3. The number of anilines is 3. The molecule has 232 valence electrons. The molecule has 0 saturated heterocycles. The van der Waals surface area contributed by atoms with E-state index < -0.39 is 0 Å². The number of aromatic nitrogens is 1. The summed E-state index contributed by atoms with van der Waals surface area (Å²) < 4.78 is 0. The van der Waals surface area contributed by atoms with Gasteiger partial charge in [0.05, 0.1) is 16.9 Å². The summed E-state index contributed by atoms with van der Waals surface area (Å²) in [4.78, 5) is 6.36. The highest BCUT2D eigenvalue weighted by atomic mass is 15.1. The molecule has 49 heavy (non-hydrogen) atoms. The molecule has 0 unspecified atom stereocenters. The topological polar surface area (TPSA) is 19.0 Å². The number of hydrogen-bond donors (Lipinski definition) is 1. The SMILES string of the molecule is Cc1c(C)c(N(c2ccccc2)c2cccc3c2ccc2ccccc23)c2c(c1-c1cccc3c1[nH]c1ccccc13)-c1ccccc1C2. The molecule has 0 radical (unpaired) electrons. The lowest BCUT2D eigenvalue weighted by Crippen LogP contribution is -2.15. The van der Waals surface area contributed by atoms with Crippen molar-refractivity contribution < 1.29 is 0 Å². The zero-order chi connectivity index (χ0) is 32.6. The monoisotopic (exact) mass is 626 g/mol. The van der Waals surface area contributed by atoms with E-state index >= 15 is 0 Å². The number of nitrogens with one attached hydrogen (secondary N) is 1. The zero-order valence-corrected chi connectivity index (χ0v) is 27.6. The van der Waals surface area contributed by atoms with E-state index in [0.29, 0.717) is 0 Å². The van der Waals surface area contributed by atoms with Gasteiger partial charge in [-0.25, -0.2) is 0 Å². The van der Waals surface area contributed by atoms with Gasteiger partial charge >= 0.3 is 0 Å². The number of aromatic amines is 1. The van der Waals surface area contributed by atoms with Crippen LogP contribution in [0.2, 0.25) is 0 Å². The summed E-state index contributed by atoms with van der Waals surface area (Å²) in [5, 5.41) is 7.59. The molecule has 2 heteroatoms. The van der Waals surface area contributed by atoms with Crippen molar-refractivity contribution in [2.75, 3.05) is 4.90 Å². The highest BCUT2D eigenvalue weighted by Crippen LogP contribution is 2.54. The van der Waals surface area contributed by atoms with Gasteiger partial charge in [-0.3, -0.25) is 0 Å². The number of benzene rings is 8. The first-order valence-corrected chi connectivity index (χ1v) is 17.2. The number of fused-ring (bicyclic) bond motifs is 9. The number of para-hydroxylation sites is 3. The second-order valence-corrected chi connectivity index (χ2v) is 13.4. The molecule has 0 atom stereocenters. The minimum Gasteiger partial charge on any atom is -0.354 e.